The fourth-order valence-corrected chi connectivity index (χ4v) is 7.67. The summed E-state index contributed by atoms with van der Waals surface area (Å²) in [4.78, 5) is 55.4. The third-order valence-electron chi connectivity index (χ3n) is 10.3. The van der Waals surface area contributed by atoms with Crippen LogP contribution < -0.4 is 10.6 Å². The number of nitrogens with one attached hydrogen (secondary N) is 3. The number of carbonyl (C=O) groups is 3. The van der Waals surface area contributed by atoms with Gasteiger partial charge in [-0.25, -0.2) is 9.59 Å². The molecule has 46 heavy (non-hydrogen) atoms. The smallest absolute Gasteiger partial charge is 0.361 e. The molecule has 1 unspecified atom stereocenters. The zero-order chi connectivity index (χ0) is 31.5. The fourth-order valence-electron chi connectivity index (χ4n) is 7.67. The van der Waals surface area contributed by atoms with Crippen LogP contribution in [0.2, 0.25) is 0 Å². The van der Waals surface area contributed by atoms with Crippen LogP contribution in [0.15, 0.2) is 54.7 Å². The number of hydrogen-bond acceptors (Lipinski definition) is 6. The minimum atomic E-state index is -0.731. The summed E-state index contributed by atoms with van der Waals surface area (Å²) in [7, 11) is 0. The lowest BCUT2D eigenvalue weighted by Gasteiger charge is -2.41. The van der Waals surface area contributed by atoms with Crippen molar-refractivity contribution >= 4 is 34.6 Å². The number of hydrogen-bond donors (Lipinski definition) is 3. The van der Waals surface area contributed by atoms with E-state index in [1.165, 1.54) is 19.3 Å². The third-order valence-corrected chi connectivity index (χ3v) is 10.3. The Morgan fingerprint density at radius 2 is 1.65 bits per heavy atom. The number of nitrogens with zero attached hydrogens (tertiary/aromatic N) is 4. The molecule has 3 saturated heterocycles. The summed E-state index contributed by atoms with van der Waals surface area (Å²) in [5.74, 6) is -0.0571. The first-order chi connectivity index (χ1) is 22.5. The van der Waals surface area contributed by atoms with Crippen molar-refractivity contribution in [2.24, 2.45) is 0 Å². The number of para-hydroxylation sites is 1. The van der Waals surface area contributed by atoms with Crippen molar-refractivity contribution in [3.8, 4) is 0 Å². The molecule has 4 aliphatic rings. The molecule has 244 valence electrons. The van der Waals surface area contributed by atoms with Gasteiger partial charge in [0.05, 0.1) is 0 Å². The van der Waals surface area contributed by atoms with Gasteiger partial charge in [-0.15, -0.1) is 5.06 Å². The maximum absolute atomic E-state index is 13.9. The van der Waals surface area contributed by atoms with Crippen LogP contribution in [0.3, 0.4) is 0 Å². The van der Waals surface area contributed by atoms with Crippen molar-refractivity contribution in [2.75, 3.05) is 44.6 Å². The zero-order valence-electron chi connectivity index (χ0n) is 26.5. The molecular formula is C35H45N7O4. The van der Waals surface area contributed by atoms with E-state index in [0.29, 0.717) is 58.0 Å². The Balaban J connectivity index is 0.960. The van der Waals surface area contributed by atoms with Crippen molar-refractivity contribution in [2.45, 2.75) is 76.0 Å². The van der Waals surface area contributed by atoms with E-state index in [1.807, 2.05) is 58.5 Å². The Kier molecular flexibility index (Phi) is 9.12. The van der Waals surface area contributed by atoms with E-state index in [9.17, 15) is 14.4 Å². The molecule has 7 rings (SSSR count). The lowest BCUT2D eigenvalue weighted by atomic mass is 9.98. The number of rotatable bonds is 7. The first kappa shape index (κ1) is 30.6. The maximum atomic E-state index is 13.9. The van der Waals surface area contributed by atoms with Gasteiger partial charge < -0.3 is 35.2 Å². The Hall–Kier alpha value is -4.09. The van der Waals surface area contributed by atoms with Gasteiger partial charge >= 0.3 is 12.1 Å². The van der Waals surface area contributed by atoms with Gasteiger partial charge in [0.15, 0.2) is 0 Å². The second-order valence-corrected chi connectivity index (χ2v) is 13.2. The normalized spacial score (nSPS) is 21.1. The molecular weight excluding hydrogens is 582 g/mol. The second-order valence-electron chi connectivity index (χ2n) is 13.2. The van der Waals surface area contributed by atoms with Gasteiger partial charge in [0.25, 0.3) is 0 Å². The van der Waals surface area contributed by atoms with E-state index >= 15 is 0 Å². The number of benzene rings is 2. The van der Waals surface area contributed by atoms with Gasteiger partial charge in [0, 0.05) is 68.6 Å². The SMILES string of the molecule is O=C(NC(Cc1ccc2[nH]ccc2c1)C(=O)N1CCC(N2CCCCC2)CC1)ON1CCC(N2Cc3ccccc3NC2=O)CC1. The summed E-state index contributed by atoms with van der Waals surface area (Å²) in [5.41, 5.74) is 3.98. The van der Waals surface area contributed by atoms with E-state index < -0.39 is 12.1 Å². The number of H-pyrrole nitrogens is 1. The molecule has 0 bridgehead atoms. The number of aromatic amines is 1. The van der Waals surface area contributed by atoms with Gasteiger partial charge in [-0.1, -0.05) is 30.7 Å². The first-order valence-corrected chi connectivity index (χ1v) is 17.0. The average molecular weight is 628 g/mol. The van der Waals surface area contributed by atoms with Crippen molar-refractivity contribution in [3.05, 3.63) is 65.9 Å². The molecule has 2 aromatic carbocycles. The number of fused-ring (bicyclic) bond motifs is 2. The van der Waals surface area contributed by atoms with Crippen LogP contribution >= 0.6 is 0 Å². The van der Waals surface area contributed by atoms with Crippen LogP contribution in [0.5, 0.6) is 0 Å². The van der Waals surface area contributed by atoms with Gasteiger partial charge in [-0.05, 0) is 92.4 Å². The second kappa shape index (κ2) is 13.7. The molecule has 11 heteroatoms. The summed E-state index contributed by atoms with van der Waals surface area (Å²) >= 11 is 0. The topological polar surface area (TPSA) is 113 Å². The number of aromatic nitrogens is 1. The molecule has 5 heterocycles. The van der Waals surface area contributed by atoms with Crippen molar-refractivity contribution in [3.63, 3.8) is 0 Å². The van der Waals surface area contributed by atoms with Crippen LogP contribution in [0.4, 0.5) is 15.3 Å². The van der Waals surface area contributed by atoms with E-state index in [2.05, 4.69) is 26.6 Å². The number of likely N-dealkylation sites (tertiary alicyclic amines) is 2. The highest BCUT2D eigenvalue weighted by Gasteiger charge is 2.35. The van der Waals surface area contributed by atoms with Crippen molar-refractivity contribution in [1.82, 2.24) is 30.1 Å². The van der Waals surface area contributed by atoms with Crippen LogP contribution in [-0.4, -0.2) is 100 Å². The molecule has 0 spiro atoms. The van der Waals surface area contributed by atoms with Gasteiger partial charge in [-0.3, -0.25) is 4.79 Å². The Bertz CT molecular complexity index is 1540. The molecule has 3 fully saturated rings. The highest BCUT2D eigenvalue weighted by molar-refractivity contribution is 5.92. The molecule has 3 N–H and O–H groups in total. The first-order valence-electron chi connectivity index (χ1n) is 17.0. The van der Waals surface area contributed by atoms with E-state index in [-0.39, 0.29) is 18.0 Å². The van der Waals surface area contributed by atoms with Crippen molar-refractivity contribution in [1.29, 1.82) is 0 Å². The third kappa shape index (κ3) is 6.85. The number of anilines is 1. The predicted molar refractivity (Wildman–Crippen MR) is 176 cm³/mol. The monoisotopic (exact) mass is 627 g/mol. The van der Waals surface area contributed by atoms with Crippen LogP contribution in [0.25, 0.3) is 10.9 Å². The molecule has 0 radical (unpaired) electrons. The molecule has 4 aliphatic heterocycles. The maximum Gasteiger partial charge on any atom is 0.426 e. The van der Waals surface area contributed by atoms with Crippen molar-refractivity contribution < 1.29 is 19.2 Å². The summed E-state index contributed by atoms with van der Waals surface area (Å²) in [6, 6.07) is 15.7. The van der Waals surface area contributed by atoms with Crippen LogP contribution in [0, 0.1) is 0 Å². The Morgan fingerprint density at radius 1 is 0.891 bits per heavy atom. The minimum absolute atomic E-state index is 0.0571. The Labute approximate surface area is 270 Å². The number of piperidine rings is 3. The number of amides is 4. The highest BCUT2D eigenvalue weighted by atomic mass is 16.7. The van der Waals surface area contributed by atoms with Gasteiger partial charge in [0.2, 0.25) is 5.91 Å². The highest BCUT2D eigenvalue weighted by Crippen LogP contribution is 2.28. The van der Waals surface area contributed by atoms with Gasteiger partial charge in [0.1, 0.15) is 6.04 Å². The molecule has 1 atom stereocenters. The molecule has 11 nitrogen and oxygen atoms in total. The molecule has 3 aromatic rings. The summed E-state index contributed by atoms with van der Waals surface area (Å²) in [6.45, 7) is 5.31. The molecule has 4 amide bonds. The standard InChI is InChI=1S/C35H45N7O4/c43-33(40-18-11-28(12-19-40)39-16-4-1-5-17-39)32(23-25-8-9-30-26(22-25)10-15-36-30)38-35(45)46-41-20-13-29(14-21-41)42-24-27-6-2-3-7-31(27)37-34(42)44/h2-3,6-10,15,22,28-29,32,36H,1,4-5,11-14,16-21,23-24H2,(H,37,44)(H,38,45). The number of hydroxylamine groups is 2. The number of urea groups is 1. The quantitative estimate of drug-likeness (QED) is 0.350. The predicted octanol–water partition coefficient (Wildman–Crippen LogP) is 4.71. The molecule has 1 aromatic heterocycles. The molecule has 0 aliphatic carbocycles. The van der Waals surface area contributed by atoms with E-state index in [4.69, 9.17) is 4.84 Å². The zero-order valence-corrected chi connectivity index (χ0v) is 26.5. The van der Waals surface area contributed by atoms with Crippen LogP contribution in [-0.2, 0) is 22.6 Å². The van der Waals surface area contributed by atoms with E-state index in [1.54, 1.807) is 5.06 Å². The lowest BCUT2D eigenvalue weighted by molar-refractivity contribution is -0.137. The lowest BCUT2D eigenvalue weighted by Crippen LogP contribution is -2.55. The summed E-state index contributed by atoms with van der Waals surface area (Å²) < 4.78 is 0. The summed E-state index contributed by atoms with van der Waals surface area (Å²) in [6.07, 6.45) is 8.81. The Morgan fingerprint density at radius 3 is 2.46 bits per heavy atom. The largest absolute Gasteiger partial charge is 0.426 e. The van der Waals surface area contributed by atoms with Gasteiger partial charge in [-0.2, -0.15) is 0 Å². The average Bonchev–Trinajstić information content (AvgIpc) is 3.56. The summed E-state index contributed by atoms with van der Waals surface area (Å²) in [5, 5.41) is 8.65. The molecule has 0 saturated carbocycles. The minimum Gasteiger partial charge on any atom is -0.361 e. The number of carbonyl (C=O) groups excluding carboxylic acids is 3. The van der Waals surface area contributed by atoms with E-state index in [0.717, 1.165) is 53.6 Å². The fraction of sp³-hybridized carbons (Fsp3) is 0.514. The van der Waals surface area contributed by atoms with Crippen LogP contribution in [0.1, 0.15) is 56.1 Å².